The average molecular weight is 251 g/mol. The summed E-state index contributed by atoms with van der Waals surface area (Å²) in [4.78, 5) is 5.41. The molecule has 5 nitrogen and oxygen atoms in total. The lowest BCUT2D eigenvalue weighted by Gasteiger charge is -2.35. The molecule has 1 aliphatic heterocycles. The molecule has 0 radical (unpaired) electrons. The van der Waals surface area contributed by atoms with E-state index in [9.17, 15) is 10.2 Å². The quantitative estimate of drug-likeness (QED) is 0.730. The Morgan fingerprint density at radius 1 is 1.33 bits per heavy atom. The molecule has 0 aromatic heterocycles. The van der Waals surface area contributed by atoms with Crippen molar-refractivity contribution in [1.82, 2.24) is 5.06 Å². The topological polar surface area (TPSA) is 73.2 Å². The fraction of sp³-hybridized carbons (Fsp3) is 0.385. The van der Waals surface area contributed by atoms with Gasteiger partial charge < -0.3 is 15.3 Å². The van der Waals surface area contributed by atoms with Crippen molar-refractivity contribution in [3.63, 3.8) is 0 Å². The van der Waals surface area contributed by atoms with Crippen molar-refractivity contribution in [3.8, 4) is 0 Å². The largest absolute Gasteiger partial charge is 0.511 e. The molecule has 1 aliphatic rings. The van der Waals surface area contributed by atoms with Crippen molar-refractivity contribution in [2.45, 2.75) is 18.7 Å². The van der Waals surface area contributed by atoms with Crippen LogP contribution in [-0.2, 0) is 11.4 Å². The molecular formula is C13H17NO4. The first-order chi connectivity index (χ1) is 8.72. The van der Waals surface area contributed by atoms with Gasteiger partial charge in [-0.2, -0.15) is 5.06 Å². The second-order valence-electron chi connectivity index (χ2n) is 4.18. The molecule has 0 fully saturated rings. The van der Waals surface area contributed by atoms with Crippen molar-refractivity contribution >= 4 is 0 Å². The zero-order chi connectivity index (χ0) is 13.0. The molecule has 1 aromatic carbocycles. The van der Waals surface area contributed by atoms with Crippen LogP contribution in [0.3, 0.4) is 0 Å². The van der Waals surface area contributed by atoms with Gasteiger partial charge in [0, 0.05) is 0 Å². The molecule has 98 valence electrons. The van der Waals surface area contributed by atoms with Crippen molar-refractivity contribution in [3.05, 3.63) is 47.7 Å². The Morgan fingerprint density at radius 3 is 2.72 bits per heavy atom. The van der Waals surface area contributed by atoms with E-state index in [0.717, 1.165) is 5.56 Å². The van der Waals surface area contributed by atoms with E-state index in [0.29, 0.717) is 6.54 Å². The van der Waals surface area contributed by atoms with E-state index in [-0.39, 0.29) is 12.4 Å². The minimum absolute atomic E-state index is 0.0266. The van der Waals surface area contributed by atoms with Crippen LogP contribution >= 0.6 is 0 Å². The first-order valence-corrected chi connectivity index (χ1v) is 5.84. The van der Waals surface area contributed by atoms with Crippen LogP contribution in [0.5, 0.6) is 0 Å². The van der Waals surface area contributed by atoms with Crippen LogP contribution in [0.25, 0.3) is 0 Å². The molecule has 0 aliphatic carbocycles. The van der Waals surface area contributed by atoms with Crippen LogP contribution in [0, 0.1) is 0 Å². The van der Waals surface area contributed by atoms with Crippen LogP contribution in [0.2, 0.25) is 0 Å². The minimum Gasteiger partial charge on any atom is -0.511 e. The molecule has 1 aromatic rings. The van der Waals surface area contributed by atoms with Crippen LogP contribution in [-0.4, -0.2) is 45.7 Å². The zero-order valence-corrected chi connectivity index (χ0v) is 9.94. The Hall–Kier alpha value is -1.40. The molecule has 0 amide bonds. The van der Waals surface area contributed by atoms with Gasteiger partial charge in [0.25, 0.3) is 0 Å². The molecule has 3 N–H and O–H groups in total. The lowest BCUT2D eigenvalue weighted by atomic mass is 10.1. The van der Waals surface area contributed by atoms with Crippen molar-refractivity contribution in [2.24, 2.45) is 0 Å². The maximum Gasteiger partial charge on any atom is 0.120 e. The number of hydrogen-bond acceptors (Lipinski definition) is 5. The number of hydroxylamine groups is 2. The first kappa shape index (κ1) is 13.0. The van der Waals surface area contributed by atoms with Gasteiger partial charge in [-0.3, -0.25) is 4.84 Å². The third-order valence-corrected chi connectivity index (χ3v) is 2.88. The highest BCUT2D eigenvalue weighted by molar-refractivity contribution is 5.16. The fourth-order valence-corrected chi connectivity index (χ4v) is 1.96. The van der Waals surface area contributed by atoms with E-state index in [4.69, 9.17) is 9.94 Å². The summed E-state index contributed by atoms with van der Waals surface area (Å²) in [6.07, 6.45) is 0.413. The normalized spacial score (nSPS) is 22.6. The maximum absolute atomic E-state index is 9.79. The smallest absolute Gasteiger partial charge is 0.120 e. The number of nitrogens with zero attached hydrogens (tertiary/aromatic N) is 1. The van der Waals surface area contributed by atoms with E-state index in [1.807, 2.05) is 30.3 Å². The summed E-state index contributed by atoms with van der Waals surface area (Å²) >= 11 is 0. The molecule has 0 bridgehead atoms. The van der Waals surface area contributed by atoms with Gasteiger partial charge in [-0.25, -0.2) is 0 Å². The van der Waals surface area contributed by atoms with E-state index < -0.39 is 18.8 Å². The van der Waals surface area contributed by atoms with Gasteiger partial charge in [0.2, 0.25) is 0 Å². The summed E-state index contributed by atoms with van der Waals surface area (Å²) in [6.45, 7) is 0.255. The van der Waals surface area contributed by atoms with Crippen LogP contribution in [0.15, 0.2) is 42.2 Å². The second-order valence-corrected chi connectivity index (χ2v) is 4.18. The van der Waals surface area contributed by atoms with E-state index >= 15 is 0 Å². The van der Waals surface area contributed by atoms with Gasteiger partial charge in [0.15, 0.2) is 0 Å². The van der Waals surface area contributed by atoms with E-state index in [1.165, 1.54) is 11.1 Å². The summed E-state index contributed by atoms with van der Waals surface area (Å²) in [6, 6.07) is 8.86. The Labute approximate surface area is 106 Å². The Kier molecular flexibility index (Phi) is 4.33. The lowest BCUT2D eigenvalue weighted by Crippen LogP contribution is -2.48. The minimum atomic E-state index is -1.08. The van der Waals surface area contributed by atoms with Gasteiger partial charge in [-0.05, 0) is 11.6 Å². The number of aliphatic hydroxyl groups excluding tert-OH is 3. The summed E-state index contributed by atoms with van der Waals surface area (Å²) in [5, 5.41) is 30.0. The Balaban J connectivity index is 2.13. The summed E-state index contributed by atoms with van der Waals surface area (Å²) in [5.41, 5.74) is 1.00. The van der Waals surface area contributed by atoms with Gasteiger partial charge in [-0.15, -0.1) is 0 Å². The summed E-state index contributed by atoms with van der Waals surface area (Å²) in [7, 11) is 0. The van der Waals surface area contributed by atoms with Crippen molar-refractivity contribution in [2.75, 3.05) is 13.2 Å². The third kappa shape index (κ3) is 2.88. The molecule has 0 unspecified atom stereocenters. The van der Waals surface area contributed by atoms with E-state index in [1.54, 1.807) is 0 Å². The predicted molar refractivity (Wildman–Crippen MR) is 65.5 cm³/mol. The molecule has 5 heteroatoms. The molecular weight excluding hydrogens is 234 g/mol. The number of hydrogen-bond donors (Lipinski definition) is 3. The summed E-state index contributed by atoms with van der Waals surface area (Å²) in [5.74, 6) is 0.0266. The SMILES string of the molecule is OC[C@@H](O)[C@H]1C(O)=CCON1Cc1ccccc1. The number of benzene rings is 1. The monoisotopic (exact) mass is 251 g/mol. The highest BCUT2D eigenvalue weighted by atomic mass is 16.7. The van der Waals surface area contributed by atoms with Crippen molar-refractivity contribution in [1.29, 1.82) is 0 Å². The maximum atomic E-state index is 9.79. The molecule has 0 spiro atoms. The van der Waals surface area contributed by atoms with Gasteiger partial charge in [0.05, 0.1) is 19.8 Å². The van der Waals surface area contributed by atoms with E-state index in [2.05, 4.69) is 0 Å². The van der Waals surface area contributed by atoms with Crippen molar-refractivity contribution < 1.29 is 20.2 Å². The van der Waals surface area contributed by atoms with Crippen LogP contribution < -0.4 is 0 Å². The molecule has 1 heterocycles. The van der Waals surface area contributed by atoms with Gasteiger partial charge >= 0.3 is 0 Å². The third-order valence-electron chi connectivity index (χ3n) is 2.88. The van der Waals surface area contributed by atoms with Crippen LogP contribution in [0.4, 0.5) is 0 Å². The lowest BCUT2D eigenvalue weighted by molar-refractivity contribution is -0.214. The fourth-order valence-electron chi connectivity index (χ4n) is 1.96. The first-order valence-electron chi connectivity index (χ1n) is 5.84. The highest BCUT2D eigenvalue weighted by Crippen LogP contribution is 2.20. The number of rotatable bonds is 4. The van der Waals surface area contributed by atoms with Gasteiger partial charge in [-0.1, -0.05) is 30.3 Å². The standard InChI is InChI=1S/C13H17NO4/c15-9-12(17)13-11(16)6-7-18-14(13)8-10-4-2-1-3-5-10/h1-6,12-13,15-17H,7-9H2/t12-,13-/m1/s1. The molecule has 0 saturated heterocycles. The highest BCUT2D eigenvalue weighted by Gasteiger charge is 2.32. The zero-order valence-electron chi connectivity index (χ0n) is 9.94. The summed E-state index contributed by atoms with van der Waals surface area (Å²) < 4.78 is 0. The van der Waals surface area contributed by atoms with Gasteiger partial charge in [0.1, 0.15) is 17.9 Å². The average Bonchev–Trinajstić information content (AvgIpc) is 2.39. The predicted octanol–water partition coefficient (Wildman–Crippen LogP) is 0.597. The molecule has 2 rings (SSSR count). The Morgan fingerprint density at radius 2 is 2.06 bits per heavy atom. The second kappa shape index (κ2) is 5.97. The molecule has 2 atom stereocenters. The molecule has 0 saturated carbocycles. The Bertz CT molecular complexity index is 407. The van der Waals surface area contributed by atoms with Crippen LogP contribution in [0.1, 0.15) is 5.56 Å². The number of aliphatic hydroxyl groups is 3. The molecule has 18 heavy (non-hydrogen) atoms.